The summed E-state index contributed by atoms with van der Waals surface area (Å²) < 4.78 is 13.3. The summed E-state index contributed by atoms with van der Waals surface area (Å²) in [6.07, 6.45) is 0.641. The lowest BCUT2D eigenvalue weighted by Crippen LogP contribution is -2.47. The fourth-order valence-corrected chi connectivity index (χ4v) is 3.35. The van der Waals surface area contributed by atoms with E-state index in [9.17, 15) is 9.18 Å². The maximum absolute atomic E-state index is 13.1. The number of hydrogen-bond acceptors (Lipinski definition) is 3. The molecule has 2 rings (SSSR count). The highest BCUT2D eigenvalue weighted by Crippen LogP contribution is 2.28. The molecule has 1 aromatic carbocycles. The van der Waals surface area contributed by atoms with Crippen molar-refractivity contribution in [1.82, 2.24) is 5.32 Å². The van der Waals surface area contributed by atoms with Gasteiger partial charge in [0, 0.05) is 11.3 Å². The number of thioether (sulfide) groups is 1. The van der Waals surface area contributed by atoms with Crippen LogP contribution in [0.5, 0.6) is 0 Å². The van der Waals surface area contributed by atoms with E-state index in [1.807, 2.05) is 0 Å². The van der Waals surface area contributed by atoms with Gasteiger partial charge in [0.15, 0.2) is 0 Å². The molecule has 0 spiro atoms. The number of carbonyl (C=O) groups is 1. The summed E-state index contributed by atoms with van der Waals surface area (Å²) in [7, 11) is 0. The molecule has 94 valence electrons. The summed E-state index contributed by atoms with van der Waals surface area (Å²) in [4.78, 5) is 12.0. The normalized spacial score (nSPS) is 22.5. The van der Waals surface area contributed by atoms with Crippen LogP contribution < -0.4 is 5.32 Å². The number of nitrogens with zero attached hydrogens (tertiary/aromatic N) is 1. The first kappa shape index (κ1) is 13.4. The summed E-state index contributed by atoms with van der Waals surface area (Å²) in [5.74, 6) is 0.691. The van der Waals surface area contributed by atoms with E-state index in [-0.39, 0.29) is 10.4 Å². The quantitative estimate of drug-likeness (QED) is 0.908. The first-order chi connectivity index (χ1) is 8.56. The average molecular weight is 329 g/mol. The molecule has 1 aliphatic rings. The van der Waals surface area contributed by atoms with Crippen molar-refractivity contribution in [2.45, 2.75) is 12.0 Å². The molecule has 1 heterocycles. The summed E-state index contributed by atoms with van der Waals surface area (Å²) in [5, 5.41) is 11.9. The zero-order valence-corrected chi connectivity index (χ0v) is 11.8. The maximum Gasteiger partial charge on any atom is 0.252 e. The molecule has 0 aromatic heterocycles. The third kappa shape index (κ3) is 2.68. The molecule has 1 fully saturated rings. The van der Waals surface area contributed by atoms with Gasteiger partial charge in [-0.15, -0.1) is 0 Å². The molecule has 6 heteroatoms. The highest BCUT2D eigenvalue weighted by atomic mass is 79.9. The number of amides is 1. The van der Waals surface area contributed by atoms with Crippen LogP contribution in [0.1, 0.15) is 16.8 Å². The number of halogens is 2. The van der Waals surface area contributed by atoms with Crippen molar-refractivity contribution < 1.29 is 9.18 Å². The number of rotatable bonds is 2. The minimum atomic E-state index is -0.789. The van der Waals surface area contributed by atoms with Gasteiger partial charge in [0.1, 0.15) is 11.4 Å². The van der Waals surface area contributed by atoms with Crippen molar-refractivity contribution in [3.05, 3.63) is 34.1 Å². The van der Waals surface area contributed by atoms with Crippen LogP contribution in [-0.2, 0) is 0 Å². The highest BCUT2D eigenvalue weighted by molar-refractivity contribution is 9.10. The molecule has 0 saturated carbocycles. The topological polar surface area (TPSA) is 52.9 Å². The molecule has 0 radical (unpaired) electrons. The number of hydrogen-bond donors (Lipinski definition) is 1. The van der Waals surface area contributed by atoms with Crippen LogP contribution in [0.2, 0.25) is 0 Å². The lowest BCUT2D eigenvalue weighted by molar-refractivity contribution is 0.0926. The van der Waals surface area contributed by atoms with E-state index in [1.54, 1.807) is 11.8 Å². The molecule has 1 aromatic rings. The smallest absolute Gasteiger partial charge is 0.252 e. The minimum absolute atomic E-state index is 0.238. The van der Waals surface area contributed by atoms with Crippen molar-refractivity contribution in [2.75, 3.05) is 11.5 Å². The van der Waals surface area contributed by atoms with E-state index < -0.39 is 11.4 Å². The monoisotopic (exact) mass is 328 g/mol. The first-order valence-corrected chi connectivity index (χ1v) is 7.28. The van der Waals surface area contributed by atoms with Gasteiger partial charge in [-0.2, -0.15) is 17.0 Å². The van der Waals surface area contributed by atoms with Gasteiger partial charge >= 0.3 is 0 Å². The number of nitriles is 1. The summed E-state index contributed by atoms with van der Waals surface area (Å²) >= 11 is 4.68. The van der Waals surface area contributed by atoms with Gasteiger partial charge in [-0.1, -0.05) is 0 Å². The predicted octanol–water partition coefficient (Wildman–Crippen LogP) is 2.72. The fraction of sp³-hybridized carbons (Fsp3) is 0.333. The van der Waals surface area contributed by atoms with Crippen molar-refractivity contribution >= 4 is 33.6 Å². The van der Waals surface area contributed by atoms with Gasteiger partial charge in [0.25, 0.3) is 5.91 Å². The van der Waals surface area contributed by atoms with Crippen LogP contribution >= 0.6 is 27.7 Å². The first-order valence-electron chi connectivity index (χ1n) is 5.33. The highest BCUT2D eigenvalue weighted by Gasteiger charge is 2.36. The molecule has 18 heavy (non-hydrogen) atoms. The van der Waals surface area contributed by atoms with Gasteiger partial charge < -0.3 is 5.32 Å². The van der Waals surface area contributed by atoms with E-state index in [2.05, 4.69) is 27.3 Å². The van der Waals surface area contributed by atoms with Crippen molar-refractivity contribution in [3.8, 4) is 6.07 Å². The second-order valence-corrected chi connectivity index (χ2v) is 6.04. The van der Waals surface area contributed by atoms with Crippen LogP contribution in [-0.4, -0.2) is 23.0 Å². The predicted molar refractivity (Wildman–Crippen MR) is 71.9 cm³/mol. The second-order valence-electron chi connectivity index (χ2n) is 4.08. The minimum Gasteiger partial charge on any atom is -0.333 e. The van der Waals surface area contributed by atoms with Gasteiger partial charge in [0.05, 0.1) is 10.5 Å². The van der Waals surface area contributed by atoms with Crippen molar-refractivity contribution in [3.63, 3.8) is 0 Å². The Kier molecular flexibility index (Phi) is 3.93. The lowest BCUT2D eigenvalue weighted by atomic mass is 10.0. The Bertz CT molecular complexity index is 523. The van der Waals surface area contributed by atoms with Crippen LogP contribution in [0.4, 0.5) is 4.39 Å². The molecule has 0 unspecified atom stereocenters. The second kappa shape index (κ2) is 5.29. The average Bonchev–Trinajstić information content (AvgIpc) is 2.82. The third-order valence-corrected chi connectivity index (χ3v) is 4.57. The molecule has 1 amide bonds. The Hall–Kier alpha value is -1.06. The Morgan fingerprint density at radius 2 is 2.39 bits per heavy atom. The molecule has 1 aliphatic heterocycles. The molecule has 1 saturated heterocycles. The van der Waals surface area contributed by atoms with Gasteiger partial charge in [0.2, 0.25) is 0 Å². The number of benzene rings is 1. The Labute approximate surface area is 117 Å². The number of nitrogens with one attached hydrogen (secondary N) is 1. The van der Waals surface area contributed by atoms with Crippen molar-refractivity contribution in [1.29, 1.82) is 5.26 Å². The largest absolute Gasteiger partial charge is 0.333 e. The standard InChI is InChI=1S/C12H10BrFN2OS/c13-9-5-8(1-2-10(9)14)11(17)16-12(6-15)3-4-18-7-12/h1-2,5H,3-4,7H2,(H,16,17)/t12-/m1/s1. The van der Waals surface area contributed by atoms with E-state index in [0.717, 1.165) is 5.75 Å². The fourth-order valence-electron chi connectivity index (χ4n) is 1.71. The van der Waals surface area contributed by atoms with Crippen LogP contribution in [0.15, 0.2) is 22.7 Å². The Morgan fingerprint density at radius 3 is 2.94 bits per heavy atom. The molecule has 0 aliphatic carbocycles. The van der Waals surface area contributed by atoms with Crippen LogP contribution in [0, 0.1) is 17.1 Å². The van der Waals surface area contributed by atoms with E-state index in [0.29, 0.717) is 17.7 Å². The van der Waals surface area contributed by atoms with Gasteiger partial charge in [-0.05, 0) is 46.3 Å². The summed E-state index contributed by atoms with van der Waals surface area (Å²) in [6, 6.07) is 6.21. The zero-order chi connectivity index (χ0) is 13.2. The summed E-state index contributed by atoms with van der Waals surface area (Å²) in [6.45, 7) is 0. The molecular weight excluding hydrogens is 319 g/mol. The van der Waals surface area contributed by atoms with Crippen LogP contribution in [0.3, 0.4) is 0 Å². The SMILES string of the molecule is N#C[C@]1(NC(=O)c2ccc(F)c(Br)c2)CCSC1. The molecule has 1 atom stereocenters. The molecule has 1 N–H and O–H groups in total. The maximum atomic E-state index is 13.1. The lowest BCUT2D eigenvalue weighted by Gasteiger charge is -2.21. The van der Waals surface area contributed by atoms with E-state index in [1.165, 1.54) is 18.2 Å². The molecule has 3 nitrogen and oxygen atoms in total. The summed E-state index contributed by atoms with van der Waals surface area (Å²) in [5.41, 5.74) is -0.447. The molecule has 0 bridgehead atoms. The Morgan fingerprint density at radius 1 is 1.61 bits per heavy atom. The third-order valence-electron chi connectivity index (χ3n) is 2.77. The van der Waals surface area contributed by atoms with Gasteiger partial charge in [-0.3, -0.25) is 4.79 Å². The number of carbonyl (C=O) groups excluding carboxylic acids is 1. The Balaban J connectivity index is 2.17. The van der Waals surface area contributed by atoms with E-state index in [4.69, 9.17) is 5.26 Å². The van der Waals surface area contributed by atoms with E-state index >= 15 is 0 Å². The van der Waals surface area contributed by atoms with Gasteiger partial charge in [-0.25, -0.2) is 4.39 Å². The zero-order valence-electron chi connectivity index (χ0n) is 9.37. The van der Waals surface area contributed by atoms with Crippen LogP contribution in [0.25, 0.3) is 0 Å². The molecular formula is C12H10BrFN2OS. The van der Waals surface area contributed by atoms with Crippen molar-refractivity contribution in [2.24, 2.45) is 0 Å².